The summed E-state index contributed by atoms with van der Waals surface area (Å²) >= 11 is 9.21. The van der Waals surface area contributed by atoms with Crippen LogP contribution in [0.3, 0.4) is 0 Å². The number of nitrogens with zero attached hydrogens (tertiary/aromatic N) is 3. The van der Waals surface area contributed by atoms with E-state index in [2.05, 4.69) is 4.90 Å². The van der Waals surface area contributed by atoms with Crippen molar-refractivity contribution in [3.05, 3.63) is 47.0 Å². The van der Waals surface area contributed by atoms with Gasteiger partial charge in [-0.25, -0.2) is 4.98 Å². The largest absolute Gasteiger partial charge is 0.497 e. The molecule has 0 aliphatic heterocycles. The van der Waals surface area contributed by atoms with Crippen molar-refractivity contribution in [3.8, 4) is 5.75 Å². The maximum atomic E-state index is 13.1. The SMILES string of the molecule is COc1ccc(SCC(=O)N(CCN(C)C)c2nc3c(C)cc(Cl)cc3s2)cc1.Cl. The average molecular weight is 486 g/mol. The van der Waals surface area contributed by atoms with Crippen LogP contribution in [0.5, 0.6) is 5.75 Å². The first-order chi connectivity index (χ1) is 13.9. The van der Waals surface area contributed by atoms with Gasteiger partial charge in [0.2, 0.25) is 5.91 Å². The highest BCUT2D eigenvalue weighted by Gasteiger charge is 2.21. The highest BCUT2D eigenvalue weighted by atomic mass is 35.5. The molecule has 0 saturated carbocycles. The first-order valence-electron chi connectivity index (χ1n) is 9.16. The molecule has 1 amide bonds. The molecule has 0 unspecified atom stereocenters. The molecule has 0 N–H and O–H groups in total. The summed E-state index contributed by atoms with van der Waals surface area (Å²) in [5.41, 5.74) is 1.92. The number of hydrogen-bond acceptors (Lipinski definition) is 6. The zero-order valence-electron chi connectivity index (χ0n) is 17.3. The molecule has 0 radical (unpaired) electrons. The number of fused-ring (bicyclic) bond motifs is 1. The van der Waals surface area contributed by atoms with Gasteiger partial charge in [0.1, 0.15) is 5.75 Å². The van der Waals surface area contributed by atoms with Gasteiger partial charge in [-0.15, -0.1) is 24.2 Å². The number of likely N-dealkylation sites (N-methyl/N-ethyl adjacent to an activating group) is 1. The predicted molar refractivity (Wildman–Crippen MR) is 131 cm³/mol. The van der Waals surface area contributed by atoms with Crippen molar-refractivity contribution in [3.63, 3.8) is 0 Å². The summed E-state index contributed by atoms with van der Waals surface area (Å²) in [6.07, 6.45) is 0. The van der Waals surface area contributed by atoms with Crippen molar-refractivity contribution in [1.29, 1.82) is 0 Å². The van der Waals surface area contributed by atoms with Crippen molar-refractivity contribution in [2.45, 2.75) is 11.8 Å². The molecule has 0 saturated heterocycles. The third-order valence-corrected chi connectivity index (χ3v) is 6.60. The molecule has 0 aliphatic carbocycles. The Bertz CT molecular complexity index is 994. The Balaban J connectivity index is 0.00000320. The summed E-state index contributed by atoms with van der Waals surface area (Å²) in [6.45, 7) is 3.33. The van der Waals surface area contributed by atoms with Gasteiger partial charge in [0, 0.05) is 23.0 Å². The maximum absolute atomic E-state index is 13.1. The molecule has 1 heterocycles. The summed E-state index contributed by atoms with van der Waals surface area (Å²) in [5.74, 6) is 1.18. The van der Waals surface area contributed by atoms with Gasteiger partial charge in [-0.1, -0.05) is 22.9 Å². The Kier molecular flexibility index (Phi) is 9.25. The number of aromatic nitrogens is 1. The van der Waals surface area contributed by atoms with Crippen LogP contribution in [-0.4, -0.2) is 55.8 Å². The molecule has 30 heavy (non-hydrogen) atoms. The van der Waals surface area contributed by atoms with Crippen molar-refractivity contribution >= 4 is 68.4 Å². The minimum Gasteiger partial charge on any atom is -0.497 e. The van der Waals surface area contributed by atoms with Gasteiger partial charge in [0.25, 0.3) is 0 Å². The molecule has 0 fully saturated rings. The number of amides is 1. The van der Waals surface area contributed by atoms with E-state index in [9.17, 15) is 4.79 Å². The smallest absolute Gasteiger partial charge is 0.239 e. The van der Waals surface area contributed by atoms with E-state index in [1.807, 2.05) is 57.4 Å². The lowest BCUT2D eigenvalue weighted by Crippen LogP contribution is -2.37. The molecular formula is C21H25Cl2N3O2S2. The summed E-state index contributed by atoms with van der Waals surface area (Å²) in [5, 5.41) is 1.40. The predicted octanol–water partition coefficient (Wildman–Crippen LogP) is 5.38. The van der Waals surface area contributed by atoms with E-state index in [1.165, 1.54) is 23.1 Å². The topological polar surface area (TPSA) is 45.7 Å². The number of carbonyl (C=O) groups is 1. The molecule has 0 aliphatic rings. The van der Waals surface area contributed by atoms with Gasteiger partial charge in [-0.3, -0.25) is 9.69 Å². The number of carbonyl (C=O) groups excluding carboxylic acids is 1. The summed E-state index contributed by atoms with van der Waals surface area (Å²) in [4.78, 5) is 22.7. The van der Waals surface area contributed by atoms with Crippen molar-refractivity contribution in [2.24, 2.45) is 0 Å². The van der Waals surface area contributed by atoms with Crippen LogP contribution in [0, 0.1) is 6.92 Å². The van der Waals surface area contributed by atoms with Crippen LogP contribution in [0.1, 0.15) is 5.56 Å². The van der Waals surface area contributed by atoms with Crippen LogP contribution in [0.2, 0.25) is 5.02 Å². The summed E-state index contributed by atoms with van der Waals surface area (Å²) < 4.78 is 6.18. The van der Waals surface area contributed by atoms with Crippen LogP contribution in [-0.2, 0) is 4.79 Å². The van der Waals surface area contributed by atoms with Gasteiger partial charge in [-0.05, 0) is 63.0 Å². The van der Waals surface area contributed by atoms with Crippen molar-refractivity contribution in [2.75, 3.05) is 44.9 Å². The third-order valence-electron chi connectivity index (χ3n) is 4.36. The fourth-order valence-electron chi connectivity index (χ4n) is 2.78. The molecule has 5 nitrogen and oxygen atoms in total. The molecule has 162 valence electrons. The minimum atomic E-state index is 0. The van der Waals surface area contributed by atoms with E-state index >= 15 is 0 Å². The molecule has 9 heteroatoms. The molecule has 3 aromatic rings. The normalized spacial score (nSPS) is 10.9. The third kappa shape index (κ3) is 6.25. The van der Waals surface area contributed by atoms with Crippen molar-refractivity contribution < 1.29 is 9.53 Å². The van der Waals surface area contributed by atoms with Crippen LogP contribution < -0.4 is 9.64 Å². The molecule has 0 spiro atoms. The van der Waals surface area contributed by atoms with Crippen LogP contribution in [0.4, 0.5) is 5.13 Å². The standard InChI is InChI=1S/C21H24ClN3O2S2.ClH/c1-14-11-15(22)12-18-20(14)23-21(29-18)25(10-9-24(2)3)19(26)13-28-17-7-5-16(27-4)6-8-17;/h5-8,11-12H,9-10,13H2,1-4H3;1H. The monoisotopic (exact) mass is 485 g/mol. The van der Waals surface area contributed by atoms with Gasteiger partial charge in [0.15, 0.2) is 5.13 Å². The second-order valence-corrected chi connectivity index (χ2v) is 9.37. The fourth-order valence-corrected chi connectivity index (χ4v) is 5.02. The lowest BCUT2D eigenvalue weighted by atomic mass is 10.2. The number of ether oxygens (including phenoxy) is 1. The van der Waals surface area contributed by atoms with Crippen molar-refractivity contribution in [1.82, 2.24) is 9.88 Å². The van der Waals surface area contributed by atoms with E-state index in [0.717, 1.165) is 33.0 Å². The summed E-state index contributed by atoms with van der Waals surface area (Å²) in [6, 6.07) is 11.5. The number of rotatable bonds is 8. The number of halogens is 2. The average Bonchev–Trinajstić information content (AvgIpc) is 3.10. The highest BCUT2D eigenvalue weighted by molar-refractivity contribution is 8.00. The second kappa shape index (κ2) is 11.2. The lowest BCUT2D eigenvalue weighted by molar-refractivity contribution is -0.116. The second-order valence-electron chi connectivity index (χ2n) is 6.88. The number of hydrogen-bond donors (Lipinski definition) is 0. The molecule has 0 bridgehead atoms. The number of aryl methyl sites for hydroxylation is 1. The number of benzene rings is 2. The van der Waals surface area contributed by atoms with Crippen LogP contribution >= 0.6 is 47.1 Å². The number of thiazole rings is 1. The number of thioether (sulfide) groups is 1. The zero-order valence-corrected chi connectivity index (χ0v) is 20.6. The Morgan fingerprint density at radius 3 is 2.53 bits per heavy atom. The van der Waals surface area contributed by atoms with E-state index in [1.54, 1.807) is 12.0 Å². The lowest BCUT2D eigenvalue weighted by Gasteiger charge is -2.21. The molecule has 1 aromatic heterocycles. The maximum Gasteiger partial charge on any atom is 0.239 e. The Morgan fingerprint density at radius 1 is 1.20 bits per heavy atom. The minimum absolute atomic E-state index is 0. The molecule has 2 aromatic carbocycles. The first-order valence-corrected chi connectivity index (χ1v) is 11.3. The van der Waals surface area contributed by atoms with E-state index < -0.39 is 0 Å². The highest BCUT2D eigenvalue weighted by Crippen LogP contribution is 2.33. The van der Waals surface area contributed by atoms with Crippen LogP contribution in [0.25, 0.3) is 10.2 Å². The molecular weight excluding hydrogens is 461 g/mol. The Morgan fingerprint density at radius 2 is 1.90 bits per heavy atom. The first kappa shape index (κ1) is 24.8. The quantitative estimate of drug-likeness (QED) is 0.401. The summed E-state index contributed by atoms with van der Waals surface area (Å²) in [7, 11) is 5.63. The number of anilines is 1. The van der Waals surface area contributed by atoms with E-state index in [-0.39, 0.29) is 18.3 Å². The Hall–Kier alpha value is -1.51. The van der Waals surface area contributed by atoms with Gasteiger partial charge >= 0.3 is 0 Å². The number of methoxy groups -OCH3 is 1. The van der Waals surface area contributed by atoms with Gasteiger partial charge < -0.3 is 9.64 Å². The fraction of sp³-hybridized carbons (Fsp3) is 0.333. The molecule has 0 atom stereocenters. The Labute approximate surface area is 196 Å². The van der Waals surface area contributed by atoms with Gasteiger partial charge in [-0.2, -0.15) is 0 Å². The van der Waals surface area contributed by atoms with Gasteiger partial charge in [0.05, 0.1) is 23.1 Å². The zero-order chi connectivity index (χ0) is 21.0. The van der Waals surface area contributed by atoms with Crippen LogP contribution in [0.15, 0.2) is 41.3 Å². The van der Waals surface area contributed by atoms with E-state index in [0.29, 0.717) is 22.5 Å². The van der Waals surface area contributed by atoms with E-state index in [4.69, 9.17) is 21.3 Å². The molecule has 3 rings (SSSR count).